The van der Waals surface area contributed by atoms with Crippen LogP contribution in [0.2, 0.25) is 0 Å². The second-order valence-electron chi connectivity index (χ2n) is 4.62. The van der Waals surface area contributed by atoms with Crippen LogP contribution in [0.1, 0.15) is 12.5 Å². The summed E-state index contributed by atoms with van der Waals surface area (Å²) >= 11 is 5.37. The molecule has 0 bridgehead atoms. The maximum Gasteiger partial charge on any atom is 0.178 e. The van der Waals surface area contributed by atoms with Crippen LogP contribution in [0.3, 0.4) is 0 Å². The van der Waals surface area contributed by atoms with Crippen LogP contribution in [0.5, 0.6) is 0 Å². The summed E-state index contributed by atoms with van der Waals surface area (Å²) < 4.78 is 8.10. The van der Waals surface area contributed by atoms with Crippen molar-refractivity contribution in [3.63, 3.8) is 0 Å². The number of aryl methyl sites for hydroxylation is 1. The third-order valence-electron chi connectivity index (χ3n) is 2.88. The second kappa shape index (κ2) is 5.02. The van der Waals surface area contributed by atoms with Gasteiger partial charge in [0.15, 0.2) is 4.77 Å². The Labute approximate surface area is 106 Å². The van der Waals surface area contributed by atoms with Gasteiger partial charge in [-0.2, -0.15) is 0 Å². The summed E-state index contributed by atoms with van der Waals surface area (Å²) in [6.07, 6.45) is 0. The second-order valence-corrected chi connectivity index (χ2v) is 5.01. The minimum absolute atomic E-state index is 0.451. The van der Waals surface area contributed by atoms with E-state index in [1.807, 2.05) is 0 Å². The largest absolute Gasteiger partial charge is 0.384 e. The predicted molar refractivity (Wildman–Crippen MR) is 72.9 cm³/mol. The fourth-order valence-corrected chi connectivity index (χ4v) is 2.39. The number of rotatable bonds is 4. The van der Waals surface area contributed by atoms with Gasteiger partial charge in [0.25, 0.3) is 0 Å². The Morgan fingerprint density at radius 1 is 1.47 bits per heavy atom. The average molecular weight is 250 g/mol. The highest BCUT2D eigenvalue weighted by atomic mass is 32.1. The monoisotopic (exact) mass is 250 g/mol. The SMILES string of the molecule is COCC(C)Cn1c(=S)[nH]c2cc(C)ccc21. The minimum Gasteiger partial charge on any atom is -0.384 e. The summed E-state index contributed by atoms with van der Waals surface area (Å²) in [7, 11) is 1.73. The highest BCUT2D eigenvalue weighted by Gasteiger charge is 2.08. The van der Waals surface area contributed by atoms with Crippen LogP contribution in [-0.2, 0) is 11.3 Å². The number of benzene rings is 1. The van der Waals surface area contributed by atoms with Crippen molar-refractivity contribution < 1.29 is 4.74 Å². The van der Waals surface area contributed by atoms with Gasteiger partial charge in [0.2, 0.25) is 0 Å². The average Bonchev–Trinajstić information content (AvgIpc) is 2.55. The van der Waals surface area contributed by atoms with Crippen LogP contribution >= 0.6 is 12.2 Å². The van der Waals surface area contributed by atoms with E-state index in [9.17, 15) is 0 Å². The Morgan fingerprint density at radius 2 is 2.24 bits per heavy atom. The molecular weight excluding hydrogens is 232 g/mol. The Bertz CT molecular complexity index is 570. The van der Waals surface area contributed by atoms with Crippen molar-refractivity contribution in [2.24, 2.45) is 5.92 Å². The zero-order valence-electron chi connectivity index (χ0n) is 10.5. The number of hydrogen-bond donors (Lipinski definition) is 1. The topological polar surface area (TPSA) is 29.9 Å². The lowest BCUT2D eigenvalue weighted by atomic mass is 10.2. The molecule has 1 aromatic heterocycles. The van der Waals surface area contributed by atoms with E-state index in [-0.39, 0.29) is 0 Å². The summed E-state index contributed by atoms with van der Waals surface area (Å²) in [6.45, 7) is 5.88. The molecule has 0 aliphatic heterocycles. The van der Waals surface area contributed by atoms with Gasteiger partial charge in [-0.25, -0.2) is 0 Å². The number of H-pyrrole nitrogens is 1. The molecule has 0 aliphatic rings. The van der Waals surface area contributed by atoms with E-state index < -0.39 is 0 Å². The zero-order valence-corrected chi connectivity index (χ0v) is 11.3. The molecule has 1 aromatic carbocycles. The smallest absolute Gasteiger partial charge is 0.178 e. The first-order valence-corrected chi connectivity index (χ1v) is 6.20. The molecule has 1 heterocycles. The number of nitrogens with zero attached hydrogens (tertiary/aromatic N) is 1. The van der Waals surface area contributed by atoms with E-state index in [1.165, 1.54) is 11.1 Å². The van der Waals surface area contributed by atoms with Gasteiger partial charge >= 0.3 is 0 Å². The zero-order chi connectivity index (χ0) is 12.4. The molecule has 0 saturated heterocycles. The number of aromatic nitrogens is 2. The van der Waals surface area contributed by atoms with Crippen LogP contribution in [-0.4, -0.2) is 23.3 Å². The van der Waals surface area contributed by atoms with Crippen molar-refractivity contribution in [2.45, 2.75) is 20.4 Å². The number of hydrogen-bond acceptors (Lipinski definition) is 2. The summed E-state index contributed by atoms with van der Waals surface area (Å²) in [6, 6.07) is 6.36. The molecule has 17 heavy (non-hydrogen) atoms. The van der Waals surface area contributed by atoms with Crippen LogP contribution < -0.4 is 0 Å². The molecule has 1 N–H and O–H groups in total. The van der Waals surface area contributed by atoms with Crippen molar-refractivity contribution in [3.05, 3.63) is 28.5 Å². The van der Waals surface area contributed by atoms with Crippen LogP contribution in [0, 0.1) is 17.6 Å². The van der Waals surface area contributed by atoms with Gasteiger partial charge in [-0.05, 0) is 42.8 Å². The Balaban J connectivity index is 2.40. The maximum atomic E-state index is 5.37. The number of ether oxygens (including phenoxy) is 1. The first-order valence-electron chi connectivity index (χ1n) is 5.80. The summed E-state index contributed by atoms with van der Waals surface area (Å²) in [5.41, 5.74) is 3.52. The van der Waals surface area contributed by atoms with E-state index in [0.29, 0.717) is 5.92 Å². The van der Waals surface area contributed by atoms with Crippen molar-refractivity contribution in [2.75, 3.05) is 13.7 Å². The lowest BCUT2D eigenvalue weighted by molar-refractivity contribution is 0.152. The van der Waals surface area contributed by atoms with E-state index in [0.717, 1.165) is 23.4 Å². The van der Waals surface area contributed by atoms with Gasteiger partial charge in [-0.3, -0.25) is 0 Å². The number of nitrogens with one attached hydrogen (secondary N) is 1. The van der Waals surface area contributed by atoms with Gasteiger partial charge in [0.05, 0.1) is 17.6 Å². The van der Waals surface area contributed by atoms with E-state index in [4.69, 9.17) is 17.0 Å². The van der Waals surface area contributed by atoms with Crippen LogP contribution in [0.15, 0.2) is 18.2 Å². The first kappa shape index (κ1) is 12.3. The van der Waals surface area contributed by atoms with E-state index in [2.05, 4.69) is 41.6 Å². The number of aromatic amines is 1. The molecule has 2 aromatic rings. The van der Waals surface area contributed by atoms with Gasteiger partial charge < -0.3 is 14.3 Å². The molecule has 0 radical (unpaired) electrons. The fourth-order valence-electron chi connectivity index (χ4n) is 2.11. The molecule has 0 saturated carbocycles. The predicted octanol–water partition coefficient (Wildman–Crippen LogP) is 3.29. The van der Waals surface area contributed by atoms with Crippen molar-refractivity contribution in [1.82, 2.24) is 9.55 Å². The quantitative estimate of drug-likeness (QED) is 0.844. The van der Waals surface area contributed by atoms with Crippen molar-refractivity contribution in [3.8, 4) is 0 Å². The van der Waals surface area contributed by atoms with Gasteiger partial charge in [-0.15, -0.1) is 0 Å². The van der Waals surface area contributed by atoms with E-state index >= 15 is 0 Å². The third kappa shape index (κ3) is 2.58. The maximum absolute atomic E-state index is 5.37. The number of fused-ring (bicyclic) bond motifs is 1. The number of methoxy groups -OCH3 is 1. The van der Waals surface area contributed by atoms with Crippen molar-refractivity contribution >= 4 is 23.3 Å². The Hall–Kier alpha value is -1.13. The third-order valence-corrected chi connectivity index (χ3v) is 3.20. The molecule has 3 nitrogen and oxygen atoms in total. The van der Waals surface area contributed by atoms with Gasteiger partial charge in [-0.1, -0.05) is 13.0 Å². The lowest BCUT2D eigenvalue weighted by Crippen LogP contribution is -2.12. The molecule has 2 rings (SSSR count). The highest BCUT2D eigenvalue weighted by Crippen LogP contribution is 2.17. The normalized spacial score (nSPS) is 13.1. The van der Waals surface area contributed by atoms with Crippen LogP contribution in [0.25, 0.3) is 11.0 Å². The number of imidazole rings is 1. The molecule has 0 fully saturated rings. The molecule has 0 amide bonds. The molecule has 1 unspecified atom stereocenters. The highest BCUT2D eigenvalue weighted by molar-refractivity contribution is 7.71. The van der Waals surface area contributed by atoms with Gasteiger partial charge in [0.1, 0.15) is 0 Å². The summed E-state index contributed by atoms with van der Waals surface area (Å²) in [5.74, 6) is 0.451. The van der Waals surface area contributed by atoms with Gasteiger partial charge in [0, 0.05) is 13.7 Å². The summed E-state index contributed by atoms with van der Waals surface area (Å²) in [4.78, 5) is 3.25. The standard InChI is InChI=1S/C13H18N2OS/c1-9-4-5-12-11(6-9)14-13(17)15(12)7-10(2)8-16-3/h4-6,10H,7-8H2,1-3H3,(H,14,17). The fraction of sp³-hybridized carbons (Fsp3) is 0.462. The first-order chi connectivity index (χ1) is 8.11. The molecule has 0 aliphatic carbocycles. The van der Waals surface area contributed by atoms with Crippen LogP contribution in [0.4, 0.5) is 0 Å². The molecular formula is C13H18N2OS. The Kier molecular flexibility index (Phi) is 3.64. The Morgan fingerprint density at radius 3 is 2.94 bits per heavy atom. The summed E-state index contributed by atoms with van der Waals surface area (Å²) in [5, 5.41) is 0. The molecule has 92 valence electrons. The van der Waals surface area contributed by atoms with E-state index in [1.54, 1.807) is 7.11 Å². The molecule has 1 atom stereocenters. The minimum atomic E-state index is 0.451. The molecule has 4 heteroatoms. The lowest BCUT2D eigenvalue weighted by Gasteiger charge is -2.11. The van der Waals surface area contributed by atoms with Crippen molar-refractivity contribution in [1.29, 1.82) is 0 Å². The molecule has 0 spiro atoms.